The Labute approximate surface area is 112 Å². The minimum absolute atomic E-state index is 0.684. The summed E-state index contributed by atoms with van der Waals surface area (Å²) in [6, 6.07) is 3.88. The van der Waals surface area contributed by atoms with E-state index in [9.17, 15) is 0 Å². The predicted octanol–water partition coefficient (Wildman–Crippen LogP) is 2.50. The fraction of sp³-hybridized carbons (Fsp3) is 0.0833. The Balaban J connectivity index is 1.85. The fourth-order valence-corrected chi connectivity index (χ4v) is 2.01. The Bertz CT molecular complexity index is 665. The van der Waals surface area contributed by atoms with Crippen molar-refractivity contribution in [3.8, 4) is 0 Å². The zero-order chi connectivity index (χ0) is 12.4. The van der Waals surface area contributed by atoms with Crippen LogP contribution in [0.1, 0.15) is 5.69 Å². The molecule has 18 heavy (non-hydrogen) atoms. The molecule has 0 spiro atoms. The molecule has 3 aromatic rings. The van der Waals surface area contributed by atoms with Crippen LogP contribution in [0.5, 0.6) is 0 Å². The number of imidazole rings is 1. The molecule has 0 atom stereocenters. The van der Waals surface area contributed by atoms with Crippen molar-refractivity contribution < 1.29 is 0 Å². The van der Waals surface area contributed by atoms with Gasteiger partial charge in [-0.25, -0.2) is 9.97 Å². The summed E-state index contributed by atoms with van der Waals surface area (Å²) in [5.41, 5.74) is 2.89. The smallest absolute Gasteiger partial charge is 0.155 e. The summed E-state index contributed by atoms with van der Waals surface area (Å²) < 4.78 is 2.79. The summed E-state index contributed by atoms with van der Waals surface area (Å²) in [7, 11) is 0. The number of rotatable bonds is 3. The summed E-state index contributed by atoms with van der Waals surface area (Å²) in [4.78, 5) is 12.5. The Morgan fingerprint density at radius 2 is 2.17 bits per heavy atom. The molecular weight excluding hydrogens is 294 g/mol. The van der Waals surface area contributed by atoms with E-state index in [1.54, 1.807) is 18.6 Å². The molecule has 0 saturated carbocycles. The van der Waals surface area contributed by atoms with Crippen LogP contribution < -0.4 is 5.32 Å². The molecule has 0 radical (unpaired) electrons. The largest absolute Gasteiger partial charge is 0.378 e. The second-order valence-corrected chi connectivity index (χ2v) is 4.60. The van der Waals surface area contributed by atoms with Gasteiger partial charge in [0.25, 0.3) is 0 Å². The number of hydrogen-bond acceptors (Lipinski definition) is 4. The van der Waals surface area contributed by atoms with E-state index in [1.165, 1.54) is 0 Å². The standard InChI is InChI=1S/C12H10BrN5/c13-11-8-18-10(6-17-12(18)7-16-11)5-15-9-2-1-3-14-4-9/h1-4,6-8,15H,5H2. The van der Waals surface area contributed by atoms with Crippen molar-refractivity contribution in [1.82, 2.24) is 19.4 Å². The average Bonchev–Trinajstić information content (AvgIpc) is 2.80. The van der Waals surface area contributed by atoms with Gasteiger partial charge in [-0.2, -0.15) is 0 Å². The van der Waals surface area contributed by atoms with Crippen molar-refractivity contribution in [2.24, 2.45) is 0 Å². The molecule has 90 valence electrons. The molecule has 3 heterocycles. The molecule has 6 heteroatoms. The average molecular weight is 304 g/mol. The maximum absolute atomic E-state index is 4.30. The minimum atomic E-state index is 0.684. The van der Waals surface area contributed by atoms with Gasteiger partial charge in [-0.1, -0.05) is 0 Å². The SMILES string of the molecule is Brc1cn2c(CNc3cccnc3)cnc2cn1. The number of nitrogens with one attached hydrogen (secondary N) is 1. The van der Waals surface area contributed by atoms with Crippen LogP contribution >= 0.6 is 15.9 Å². The van der Waals surface area contributed by atoms with E-state index in [1.807, 2.05) is 28.9 Å². The molecule has 0 fully saturated rings. The molecular formula is C12H10BrN5. The molecule has 1 N–H and O–H groups in total. The molecule has 0 bridgehead atoms. The van der Waals surface area contributed by atoms with Gasteiger partial charge >= 0.3 is 0 Å². The monoisotopic (exact) mass is 303 g/mol. The normalized spacial score (nSPS) is 10.7. The van der Waals surface area contributed by atoms with Crippen molar-refractivity contribution in [3.63, 3.8) is 0 Å². The van der Waals surface area contributed by atoms with Crippen molar-refractivity contribution in [2.75, 3.05) is 5.32 Å². The second kappa shape index (κ2) is 4.73. The Hall–Kier alpha value is -1.95. The van der Waals surface area contributed by atoms with Crippen LogP contribution in [0.2, 0.25) is 0 Å². The lowest BCUT2D eigenvalue weighted by molar-refractivity contribution is 0.982. The van der Waals surface area contributed by atoms with Crippen LogP contribution in [-0.2, 0) is 6.54 Å². The van der Waals surface area contributed by atoms with Gasteiger partial charge < -0.3 is 5.32 Å². The van der Waals surface area contributed by atoms with Gasteiger partial charge in [0.2, 0.25) is 0 Å². The van der Waals surface area contributed by atoms with E-state index in [-0.39, 0.29) is 0 Å². The minimum Gasteiger partial charge on any atom is -0.378 e. The zero-order valence-electron chi connectivity index (χ0n) is 9.42. The highest BCUT2D eigenvalue weighted by Gasteiger charge is 2.03. The Morgan fingerprint density at radius 1 is 1.22 bits per heavy atom. The lowest BCUT2D eigenvalue weighted by Gasteiger charge is -2.05. The van der Waals surface area contributed by atoms with E-state index in [2.05, 4.69) is 36.2 Å². The molecule has 0 unspecified atom stereocenters. The highest BCUT2D eigenvalue weighted by molar-refractivity contribution is 9.10. The number of nitrogens with zero attached hydrogens (tertiary/aromatic N) is 4. The molecule has 0 aliphatic rings. The quantitative estimate of drug-likeness (QED) is 0.808. The first-order valence-electron chi connectivity index (χ1n) is 5.44. The maximum atomic E-state index is 4.30. The van der Waals surface area contributed by atoms with Crippen LogP contribution in [0.25, 0.3) is 5.65 Å². The Kier molecular flexibility index (Phi) is 2.93. The molecule has 3 aromatic heterocycles. The summed E-state index contributed by atoms with van der Waals surface area (Å²) in [5.74, 6) is 0. The van der Waals surface area contributed by atoms with Crippen LogP contribution in [0.3, 0.4) is 0 Å². The zero-order valence-corrected chi connectivity index (χ0v) is 11.0. The van der Waals surface area contributed by atoms with Crippen LogP contribution in [0.15, 0.2) is 47.7 Å². The summed E-state index contributed by atoms with van der Waals surface area (Å²) >= 11 is 3.36. The van der Waals surface area contributed by atoms with E-state index in [0.717, 1.165) is 21.6 Å². The molecule has 0 saturated heterocycles. The van der Waals surface area contributed by atoms with Crippen molar-refractivity contribution in [2.45, 2.75) is 6.54 Å². The van der Waals surface area contributed by atoms with Gasteiger partial charge in [0.05, 0.1) is 30.3 Å². The van der Waals surface area contributed by atoms with E-state index in [0.29, 0.717) is 6.54 Å². The van der Waals surface area contributed by atoms with E-state index >= 15 is 0 Å². The molecule has 0 aliphatic carbocycles. The Morgan fingerprint density at radius 3 is 3.00 bits per heavy atom. The topological polar surface area (TPSA) is 55.1 Å². The third kappa shape index (κ3) is 2.19. The number of aromatic nitrogens is 4. The highest BCUT2D eigenvalue weighted by Crippen LogP contribution is 2.12. The van der Waals surface area contributed by atoms with Gasteiger partial charge in [0, 0.05) is 18.6 Å². The van der Waals surface area contributed by atoms with Crippen molar-refractivity contribution in [1.29, 1.82) is 0 Å². The van der Waals surface area contributed by atoms with Gasteiger partial charge in [-0.05, 0) is 28.1 Å². The first kappa shape index (κ1) is 11.2. The third-order valence-electron chi connectivity index (χ3n) is 2.58. The molecule has 0 aromatic carbocycles. The number of fused-ring (bicyclic) bond motifs is 1. The second-order valence-electron chi connectivity index (χ2n) is 3.78. The molecule has 0 amide bonds. The molecule has 0 aliphatic heterocycles. The first-order valence-corrected chi connectivity index (χ1v) is 6.23. The number of anilines is 1. The van der Waals surface area contributed by atoms with Gasteiger partial charge in [-0.15, -0.1) is 0 Å². The molecule has 5 nitrogen and oxygen atoms in total. The van der Waals surface area contributed by atoms with Gasteiger partial charge in [0.1, 0.15) is 4.60 Å². The summed E-state index contributed by atoms with van der Waals surface area (Å²) in [6.45, 7) is 0.684. The lowest BCUT2D eigenvalue weighted by Crippen LogP contribution is -2.03. The third-order valence-corrected chi connectivity index (χ3v) is 2.99. The maximum Gasteiger partial charge on any atom is 0.155 e. The fourth-order valence-electron chi connectivity index (χ4n) is 1.71. The van der Waals surface area contributed by atoms with E-state index < -0.39 is 0 Å². The first-order chi connectivity index (χ1) is 8.83. The van der Waals surface area contributed by atoms with Gasteiger partial charge in [-0.3, -0.25) is 9.38 Å². The number of halogens is 1. The highest BCUT2D eigenvalue weighted by atomic mass is 79.9. The van der Waals surface area contributed by atoms with Crippen molar-refractivity contribution in [3.05, 3.63) is 53.4 Å². The lowest BCUT2D eigenvalue weighted by atomic mass is 10.4. The van der Waals surface area contributed by atoms with Crippen LogP contribution in [0.4, 0.5) is 5.69 Å². The van der Waals surface area contributed by atoms with Crippen LogP contribution in [-0.4, -0.2) is 19.4 Å². The summed E-state index contributed by atoms with van der Waals surface area (Å²) in [5, 5.41) is 3.30. The number of pyridine rings is 1. The van der Waals surface area contributed by atoms with Crippen molar-refractivity contribution >= 4 is 27.3 Å². The van der Waals surface area contributed by atoms with E-state index in [4.69, 9.17) is 0 Å². The van der Waals surface area contributed by atoms with Crippen LogP contribution in [0, 0.1) is 0 Å². The van der Waals surface area contributed by atoms with Gasteiger partial charge in [0.15, 0.2) is 5.65 Å². The number of hydrogen-bond donors (Lipinski definition) is 1. The summed E-state index contributed by atoms with van der Waals surface area (Å²) in [6.07, 6.45) is 9.02. The predicted molar refractivity (Wildman–Crippen MR) is 72.3 cm³/mol. The molecule has 3 rings (SSSR count).